The number of aryl methyl sites for hydroxylation is 1. The summed E-state index contributed by atoms with van der Waals surface area (Å²) in [4.78, 5) is 12.1. The summed E-state index contributed by atoms with van der Waals surface area (Å²) in [5.41, 5.74) is 6.95. The van der Waals surface area contributed by atoms with Crippen LogP contribution >= 0.6 is 0 Å². The standard InChI is InChI=1S/C13H22N4O/c1-9(11-7-15-17(2)8-11)16-13(18)10-4-3-5-12(14)6-10/h7-10,12H,3-6,14H2,1-2H3,(H,16,18). The fourth-order valence-corrected chi connectivity index (χ4v) is 2.54. The highest BCUT2D eigenvalue weighted by molar-refractivity contribution is 5.79. The molecule has 1 amide bonds. The summed E-state index contributed by atoms with van der Waals surface area (Å²) in [6.07, 6.45) is 7.59. The molecule has 3 atom stereocenters. The molecule has 0 saturated heterocycles. The summed E-state index contributed by atoms with van der Waals surface area (Å²) in [5.74, 6) is 0.203. The second kappa shape index (κ2) is 5.52. The molecular weight excluding hydrogens is 228 g/mol. The Hall–Kier alpha value is -1.36. The van der Waals surface area contributed by atoms with Crippen molar-refractivity contribution < 1.29 is 4.79 Å². The zero-order chi connectivity index (χ0) is 13.1. The van der Waals surface area contributed by atoms with Gasteiger partial charge in [-0.25, -0.2) is 0 Å². The lowest BCUT2D eigenvalue weighted by Gasteiger charge is -2.26. The van der Waals surface area contributed by atoms with Crippen LogP contribution in [0.3, 0.4) is 0 Å². The Morgan fingerprint density at radius 2 is 2.39 bits per heavy atom. The van der Waals surface area contributed by atoms with Crippen LogP contribution in [-0.2, 0) is 11.8 Å². The van der Waals surface area contributed by atoms with Crippen LogP contribution in [0.1, 0.15) is 44.2 Å². The lowest BCUT2D eigenvalue weighted by atomic mass is 9.85. The fourth-order valence-electron chi connectivity index (χ4n) is 2.54. The first-order chi connectivity index (χ1) is 8.56. The Bertz CT molecular complexity index is 415. The first-order valence-corrected chi connectivity index (χ1v) is 6.60. The molecule has 0 aromatic carbocycles. The smallest absolute Gasteiger partial charge is 0.223 e. The number of hydrogen-bond donors (Lipinski definition) is 2. The molecule has 1 aromatic rings. The van der Waals surface area contributed by atoms with E-state index in [-0.39, 0.29) is 23.9 Å². The Morgan fingerprint density at radius 1 is 1.61 bits per heavy atom. The van der Waals surface area contributed by atoms with Gasteiger partial charge >= 0.3 is 0 Å². The van der Waals surface area contributed by atoms with Crippen molar-refractivity contribution >= 4 is 5.91 Å². The number of rotatable bonds is 3. The van der Waals surface area contributed by atoms with E-state index >= 15 is 0 Å². The number of nitrogens with zero attached hydrogens (tertiary/aromatic N) is 2. The SMILES string of the molecule is CC(NC(=O)C1CCCC(N)C1)c1cnn(C)c1. The summed E-state index contributed by atoms with van der Waals surface area (Å²) in [6, 6.07) is 0.188. The van der Waals surface area contributed by atoms with Crippen LogP contribution in [0.4, 0.5) is 0 Å². The molecule has 100 valence electrons. The molecule has 1 aliphatic carbocycles. The van der Waals surface area contributed by atoms with Crippen molar-refractivity contribution in [3.05, 3.63) is 18.0 Å². The molecule has 5 heteroatoms. The molecule has 1 aliphatic rings. The molecule has 1 saturated carbocycles. The van der Waals surface area contributed by atoms with Crippen molar-refractivity contribution in [1.82, 2.24) is 15.1 Å². The van der Waals surface area contributed by atoms with Gasteiger partial charge in [-0.1, -0.05) is 6.42 Å². The zero-order valence-electron chi connectivity index (χ0n) is 11.1. The molecule has 5 nitrogen and oxygen atoms in total. The maximum atomic E-state index is 12.1. The minimum atomic E-state index is 0.00403. The van der Waals surface area contributed by atoms with Crippen molar-refractivity contribution in [2.75, 3.05) is 0 Å². The minimum Gasteiger partial charge on any atom is -0.349 e. The summed E-state index contributed by atoms with van der Waals surface area (Å²) >= 11 is 0. The van der Waals surface area contributed by atoms with Gasteiger partial charge in [0.2, 0.25) is 5.91 Å². The van der Waals surface area contributed by atoms with Gasteiger partial charge in [-0.15, -0.1) is 0 Å². The van der Waals surface area contributed by atoms with Gasteiger partial charge in [-0.05, 0) is 26.2 Å². The van der Waals surface area contributed by atoms with Crippen LogP contribution in [0, 0.1) is 5.92 Å². The molecule has 0 aliphatic heterocycles. The van der Waals surface area contributed by atoms with Crippen molar-refractivity contribution in [3.8, 4) is 0 Å². The van der Waals surface area contributed by atoms with Gasteiger partial charge in [0.05, 0.1) is 12.2 Å². The van der Waals surface area contributed by atoms with E-state index in [0.717, 1.165) is 31.2 Å². The molecule has 0 bridgehead atoms. The number of amides is 1. The largest absolute Gasteiger partial charge is 0.349 e. The number of carbonyl (C=O) groups excluding carboxylic acids is 1. The van der Waals surface area contributed by atoms with Crippen LogP contribution in [0.5, 0.6) is 0 Å². The summed E-state index contributed by atoms with van der Waals surface area (Å²) in [7, 11) is 1.87. The molecule has 3 N–H and O–H groups in total. The molecule has 3 unspecified atom stereocenters. The Kier molecular flexibility index (Phi) is 4.01. The number of nitrogens with two attached hydrogens (primary N) is 1. The molecule has 1 aromatic heterocycles. The molecule has 18 heavy (non-hydrogen) atoms. The number of aromatic nitrogens is 2. The van der Waals surface area contributed by atoms with Crippen LogP contribution in [0.2, 0.25) is 0 Å². The van der Waals surface area contributed by atoms with Gasteiger partial charge in [-0.3, -0.25) is 9.48 Å². The van der Waals surface area contributed by atoms with Gasteiger partial charge in [0.15, 0.2) is 0 Å². The predicted molar refractivity (Wildman–Crippen MR) is 69.7 cm³/mol. The van der Waals surface area contributed by atoms with Crippen molar-refractivity contribution in [3.63, 3.8) is 0 Å². The molecule has 1 fully saturated rings. The summed E-state index contributed by atoms with van der Waals surface area (Å²) in [6.45, 7) is 1.98. The lowest BCUT2D eigenvalue weighted by molar-refractivity contribution is -0.126. The molecule has 1 heterocycles. The molecule has 0 spiro atoms. The van der Waals surface area contributed by atoms with E-state index in [9.17, 15) is 4.79 Å². The monoisotopic (exact) mass is 250 g/mol. The average molecular weight is 250 g/mol. The summed E-state index contributed by atoms with van der Waals surface area (Å²) < 4.78 is 1.74. The van der Waals surface area contributed by atoms with Crippen LogP contribution in [-0.4, -0.2) is 21.7 Å². The third kappa shape index (κ3) is 3.10. The van der Waals surface area contributed by atoms with E-state index in [2.05, 4.69) is 10.4 Å². The van der Waals surface area contributed by atoms with Crippen molar-refractivity contribution in [2.45, 2.75) is 44.7 Å². The maximum absolute atomic E-state index is 12.1. The number of hydrogen-bond acceptors (Lipinski definition) is 3. The second-order valence-corrected chi connectivity index (χ2v) is 5.30. The Morgan fingerprint density at radius 3 is 3.00 bits per heavy atom. The first kappa shape index (κ1) is 13.1. The predicted octanol–water partition coefficient (Wildman–Crippen LogP) is 1.11. The lowest BCUT2D eigenvalue weighted by Crippen LogP contribution is -2.38. The van der Waals surface area contributed by atoms with E-state index in [4.69, 9.17) is 5.73 Å². The van der Waals surface area contributed by atoms with Crippen LogP contribution in [0.15, 0.2) is 12.4 Å². The van der Waals surface area contributed by atoms with Crippen LogP contribution in [0.25, 0.3) is 0 Å². The van der Waals surface area contributed by atoms with Gasteiger partial charge in [-0.2, -0.15) is 5.10 Å². The maximum Gasteiger partial charge on any atom is 0.223 e. The van der Waals surface area contributed by atoms with Crippen molar-refractivity contribution in [1.29, 1.82) is 0 Å². The molecule has 0 radical (unpaired) electrons. The van der Waals surface area contributed by atoms with Crippen molar-refractivity contribution in [2.24, 2.45) is 18.7 Å². The molecule has 2 rings (SSSR count). The third-order valence-electron chi connectivity index (χ3n) is 3.67. The van der Waals surface area contributed by atoms with E-state index in [1.807, 2.05) is 20.2 Å². The third-order valence-corrected chi connectivity index (χ3v) is 3.67. The van der Waals surface area contributed by atoms with Crippen LogP contribution < -0.4 is 11.1 Å². The average Bonchev–Trinajstić information content (AvgIpc) is 2.76. The normalized spacial score (nSPS) is 25.7. The topological polar surface area (TPSA) is 72.9 Å². The van der Waals surface area contributed by atoms with Gasteiger partial charge in [0, 0.05) is 30.8 Å². The number of carbonyl (C=O) groups is 1. The van der Waals surface area contributed by atoms with E-state index in [1.165, 1.54) is 0 Å². The summed E-state index contributed by atoms with van der Waals surface area (Å²) in [5, 5.41) is 7.17. The van der Waals surface area contributed by atoms with E-state index in [1.54, 1.807) is 10.9 Å². The highest BCUT2D eigenvalue weighted by Gasteiger charge is 2.26. The first-order valence-electron chi connectivity index (χ1n) is 6.60. The highest BCUT2D eigenvalue weighted by atomic mass is 16.1. The molecular formula is C13H22N4O. The fraction of sp³-hybridized carbons (Fsp3) is 0.692. The number of nitrogens with one attached hydrogen (secondary N) is 1. The minimum absolute atomic E-state index is 0.00403. The highest BCUT2D eigenvalue weighted by Crippen LogP contribution is 2.24. The Labute approximate surface area is 108 Å². The van der Waals surface area contributed by atoms with Gasteiger partial charge in [0.1, 0.15) is 0 Å². The quantitative estimate of drug-likeness (QED) is 0.844. The van der Waals surface area contributed by atoms with E-state index < -0.39 is 0 Å². The van der Waals surface area contributed by atoms with E-state index in [0.29, 0.717) is 0 Å². The second-order valence-electron chi connectivity index (χ2n) is 5.30. The van der Waals surface area contributed by atoms with Gasteiger partial charge in [0.25, 0.3) is 0 Å². The van der Waals surface area contributed by atoms with Gasteiger partial charge < -0.3 is 11.1 Å². The zero-order valence-corrected chi connectivity index (χ0v) is 11.1. The Balaban J connectivity index is 1.90.